The number of aromatic nitrogens is 1. The maximum Gasteiger partial charge on any atom is 0.272 e. The van der Waals surface area contributed by atoms with Gasteiger partial charge in [-0.2, -0.15) is 0 Å². The number of carbonyl (C=O) groups excluding carboxylic acids is 1. The Labute approximate surface area is 147 Å². The summed E-state index contributed by atoms with van der Waals surface area (Å²) in [6.07, 6.45) is 4.03. The number of halogens is 3. The summed E-state index contributed by atoms with van der Waals surface area (Å²) in [5.74, 6) is -0.165. The van der Waals surface area contributed by atoms with Crippen molar-refractivity contribution in [2.24, 2.45) is 0 Å². The molecule has 0 atom stereocenters. The number of nitrogen functional groups attached to an aromatic ring is 1. The standard InChI is InChI=1S/C14H12Br3N3O/c15-7-3-10(16)13(11(17)4-7)19-14(21)12-5-8(18)6-20(12)9-1-2-9/h3-6,9H,1-2,18H2,(H,19,21). The van der Waals surface area contributed by atoms with Gasteiger partial charge in [0.2, 0.25) is 0 Å². The van der Waals surface area contributed by atoms with Gasteiger partial charge < -0.3 is 15.6 Å². The summed E-state index contributed by atoms with van der Waals surface area (Å²) in [5.41, 5.74) is 7.74. The molecule has 0 saturated heterocycles. The summed E-state index contributed by atoms with van der Waals surface area (Å²) < 4.78 is 4.49. The fourth-order valence-corrected chi connectivity index (χ4v) is 4.63. The van der Waals surface area contributed by atoms with Crippen molar-refractivity contribution in [3.05, 3.63) is 43.5 Å². The number of rotatable bonds is 3. The van der Waals surface area contributed by atoms with Crippen molar-refractivity contribution in [2.45, 2.75) is 18.9 Å². The van der Waals surface area contributed by atoms with Gasteiger partial charge in [0.15, 0.2) is 0 Å². The number of anilines is 2. The molecule has 1 aliphatic rings. The zero-order valence-electron chi connectivity index (χ0n) is 10.9. The van der Waals surface area contributed by atoms with Gasteiger partial charge in [-0.15, -0.1) is 0 Å². The fraction of sp³-hybridized carbons (Fsp3) is 0.214. The molecular weight excluding hydrogens is 466 g/mol. The topological polar surface area (TPSA) is 60.1 Å². The number of nitrogens with zero attached hydrogens (tertiary/aromatic N) is 1. The van der Waals surface area contributed by atoms with Gasteiger partial charge in [-0.3, -0.25) is 4.79 Å². The predicted molar refractivity (Wildman–Crippen MR) is 94.6 cm³/mol. The molecule has 3 rings (SSSR count). The first-order valence-electron chi connectivity index (χ1n) is 6.39. The van der Waals surface area contributed by atoms with Gasteiger partial charge in [0.1, 0.15) is 5.69 Å². The van der Waals surface area contributed by atoms with E-state index in [1.165, 1.54) is 0 Å². The van der Waals surface area contributed by atoms with E-state index in [9.17, 15) is 4.79 Å². The number of benzene rings is 1. The molecule has 1 aromatic carbocycles. The lowest BCUT2D eigenvalue weighted by molar-refractivity contribution is 0.101. The van der Waals surface area contributed by atoms with E-state index < -0.39 is 0 Å². The lowest BCUT2D eigenvalue weighted by Crippen LogP contribution is -2.17. The van der Waals surface area contributed by atoms with Gasteiger partial charge in [-0.05, 0) is 62.9 Å². The third-order valence-corrected chi connectivity index (χ3v) is 5.00. The van der Waals surface area contributed by atoms with Crippen molar-refractivity contribution in [2.75, 3.05) is 11.1 Å². The van der Waals surface area contributed by atoms with Gasteiger partial charge >= 0.3 is 0 Å². The van der Waals surface area contributed by atoms with Crippen molar-refractivity contribution in [1.29, 1.82) is 0 Å². The highest BCUT2D eigenvalue weighted by atomic mass is 79.9. The third-order valence-electron chi connectivity index (χ3n) is 3.29. The summed E-state index contributed by atoms with van der Waals surface area (Å²) in [4.78, 5) is 12.5. The molecule has 0 radical (unpaired) electrons. The van der Waals surface area contributed by atoms with Crippen molar-refractivity contribution in [3.63, 3.8) is 0 Å². The molecule has 1 amide bonds. The highest BCUT2D eigenvalue weighted by Gasteiger charge is 2.28. The first kappa shape index (κ1) is 15.1. The van der Waals surface area contributed by atoms with E-state index in [0.717, 1.165) is 26.3 Å². The van der Waals surface area contributed by atoms with Crippen LogP contribution in [0.2, 0.25) is 0 Å². The van der Waals surface area contributed by atoms with Gasteiger partial charge in [0.25, 0.3) is 5.91 Å². The van der Waals surface area contributed by atoms with Crippen LogP contribution in [0.25, 0.3) is 0 Å². The highest BCUT2D eigenvalue weighted by molar-refractivity contribution is 9.11. The normalized spacial score (nSPS) is 14.2. The summed E-state index contributed by atoms with van der Waals surface area (Å²) in [6.45, 7) is 0. The lowest BCUT2D eigenvalue weighted by atomic mass is 10.3. The lowest BCUT2D eigenvalue weighted by Gasteiger charge is -2.12. The Hall–Kier alpha value is -0.790. The molecule has 0 spiro atoms. The SMILES string of the molecule is Nc1cc(C(=O)Nc2c(Br)cc(Br)cc2Br)n(C2CC2)c1. The fourth-order valence-electron chi connectivity index (χ4n) is 2.18. The molecule has 0 aliphatic heterocycles. The molecule has 1 aliphatic carbocycles. The minimum atomic E-state index is -0.165. The Kier molecular flexibility index (Phi) is 4.16. The first-order chi connectivity index (χ1) is 9.95. The molecule has 1 saturated carbocycles. The minimum Gasteiger partial charge on any atom is -0.397 e. The van der Waals surface area contributed by atoms with Crippen LogP contribution in [0, 0.1) is 0 Å². The van der Waals surface area contributed by atoms with E-state index in [1.807, 2.05) is 22.9 Å². The molecule has 2 aromatic rings. The second-order valence-electron chi connectivity index (χ2n) is 5.00. The van der Waals surface area contributed by atoms with Crippen LogP contribution < -0.4 is 11.1 Å². The number of carbonyl (C=O) groups is 1. The van der Waals surface area contributed by atoms with Crippen LogP contribution in [-0.4, -0.2) is 10.5 Å². The molecule has 7 heteroatoms. The van der Waals surface area contributed by atoms with E-state index in [2.05, 4.69) is 53.1 Å². The van der Waals surface area contributed by atoms with Crippen LogP contribution in [0.15, 0.2) is 37.8 Å². The Bertz CT molecular complexity index is 699. The summed E-state index contributed by atoms with van der Waals surface area (Å²) in [7, 11) is 0. The number of nitrogens with two attached hydrogens (primary N) is 1. The number of amides is 1. The number of nitrogens with one attached hydrogen (secondary N) is 1. The monoisotopic (exact) mass is 475 g/mol. The molecule has 3 N–H and O–H groups in total. The summed E-state index contributed by atoms with van der Waals surface area (Å²) in [5, 5.41) is 2.93. The van der Waals surface area contributed by atoms with E-state index in [0.29, 0.717) is 23.1 Å². The molecular formula is C14H12Br3N3O. The van der Waals surface area contributed by atoms with Crippen LogP contribution in [0.4, 0.5) is 11.4 Å². The molecule has 1 aromatic heterocycles. The second-order valence-corrected chi connectivity index (χ2v) is 7.62. The molecule has 0 unspecified atom stereocenters. The van der Waals surface area contributed by atoms with Gasteiger partial charge in [0.05, 0.1) is 11.4 Å². The summed E-state index contributed by atoms with van der Waals surface area (Å²) >= 11 is 10.3. The number of hydrogen-bond acceptors (Lipinski definition) is 2. The van der Waals surface area contributed by atoms with Gasteiger partial charge in [-0.1, -0.05) is 15.9 Å². The molecule has 0 bridgehead atoms. The van der Waals surface area contributed by atoms with E-state index >= 15 is 0 Å². The molecule has 4 nitrogen and oxygen atoms in total. The van der Waals surface area contributed by atoms with Crippen molar-refractivity contribution in [3.8, 4) is 0 Å². The van der Waals surface area contributed by atoms with E-state index in [1.54, 1.807) is 6.07 Å². The Morgan fingerprint density at radius 1 is 1.19 bits per heavy atom. The largest absolute Gasteiger partial charge is 0.397 e. The van der Waals surface area contributed by atoms with Crippen molar-refractivity contribution < 1.29 is 4.79 Å². The van der Waals surface area contributed by atoms with Crippen LogP contribution >= 0.6 is 47.8 Å². The third kappa shape index (κ3) is 3.19. The van der Waals surface area contributed by atoms with Gasteiger partial charge in [-0.25, -0.2) is 0 Å². The minimum absolute atomic E-state index is 0.165. The van der Waals surface area contributed by atoms with E-state index in [-0.39, 0.29) is 5.91 Å². The van der Waals surface area contributed by atoms with Gasteiger partial charge in [0, 0.05) is 25.7 Å². The first-order valence-corrected chi connectivity index (χ1v) is 8.77. The van der Waals surface area contributed by atoms with Crippen LogP contribution in [0.3, 0.4) is 0 Å². The quantitative estimate of drug-likeness (QED) is 0.657. The van der Waals surface area contributed by atoms with Crippen molar-refractivity contribution >= 4 is 65.1 Å². The average molecular weight is 478 g/mol. The predicted octanol–water partition coefficient (Wildman–Crippen LogP) is 4.95. The Morgan fingerprint density at radius 2 is 1.81 bits per heavy atom. The van der Waals surface area contributed by atoms with Crippen molar-refractivity contribution in [1.82, 2.24) is 4.57 Å². The van der Waals surface area contributed by atoms with Crippen LogP contribution in [-0.2, 0) is 0 Å². The highest BCUT2D eigenvalue weighted by Crippen LogP contribution is 2.38. The molecule has 1 heterocycles. The van der Waals surface area contributed by atoms with E-state index in [4.69, 9.17) is 5.73 Å². The maximum absolute atomic E-state index is 12.5. The van der Waals surface area contributed by atoms with Crippen LogP contribution in [0.1, 0.15) is 29.4 Å². The second kappa shape index (κ2) is 5.78. The maximum atomic E-state index is 12.5. The van der Waals surface area contributed by atoms with Crippen LogP contribution in [0.5, 0.6) is 0 Å². The number of hydrogen-bond donors (Lipinski definition) is 2. The Balaban J connectivity index is 1.90. The smallest absolute Gasteiger partial charge is 0.272 e. The molecule has 1 fully saturated rings. The zero-order valence-corrected chi connectivity index (χ0v) is 15.6. The molecule has 21 heavy (non-hydrogen) atoms. The zero-order chi connectivity index (χ0) is 15.1. The Morgan fingerprint density at radius 3 is 2.38 bits per heavy atom. The summed E-state index contributed by atoms with van der Waals surface area (Å²) in [6, 6.07) is 5.89. The molecule has 110 valence electrons. The average Bonchev–Trinajstić information content (AvgIpc) is 3.16.